The predicted molar refractivity (Wildman–Crippen MR) is 141 cm³/mol. The van der Waals surface area contributed by atoms with Crippen molar-refractivity contribution in [3.05, 3.63) is 103 Å². The third kappa shape index (κ3) is 7.02. The summed E-state index contributed by atoms with van der Waals surface area (Å²) in [5.74, 6) is 2.31. The molecule has 0 saturated carbocycles. The lowest BCUT2D eigenvalue weighted by Crippen LogP contribution is -2.20. The second-order valence-electron chi connectivity index (χ2n) is 7.82. The quantitative estimate of drug-likeness (QED) is 0.288. The highest BCUT2D eigenvalue weighted by molar-refractivity contribution is 6.04. The van der Waals surface area contributed by atoms with E-state index in [9.17, 15) is 9.59 Å². The van der Waals surface area contributed by atoms with E-state index in [1.54, 1.807) is 78.9 Å². The fourth-order valence-electron chi connectivity index (χ4n) is 3.39. The summed E-state index contributed by atoms with van der Waals surface area (Å²) in [6.07, 6.45) is 0. The number of nitrogens with one attached hydrogen (secondary N) is 2. The Labute approximate surface area is 214 Å². The zero-order valence-electron chi connectivity index (χ0n) is 20.4. The van der Waals surface area contributed by atoms with Crippen molar-refractivity contribution in [2.45, 2.75) is 0 Å². The van der Waals surface area contributed by atoms with Crippen LogP contribution in [0.25, 0.3) is 0 Å². The van der Waals surface area contributed by atoms with E-state index in [0.717, 1.165) is 0 Å². The number of hydrogen-bond acceptors (Lipinski definition) is 6. The first kappa shape index (κ1) is 25.1. The SMILES string of the molecule is COc1ccc(C(=O)Nc2ccc(Oc3ccc(NC(=O)COc4ccccc4)cc3)cc2)cc1OC. The summed E-state index contributed by atoms with van der Waals surface area (Å²) in [5.41, 5.74) is 1.68. The van der Waals surface area contributed by atoms with Crippen LogP contribution in [0.4, 0.5) is 11.4 Å². The maximum absolute atomic E-state index is 12.6. The first-order valence-corrected chi connectivity index (χ1v) is 11.4. The van der Waals surface area contributed by atoms with Crippen LogP contribution in [0, 0.1) is 0 Å². The molecule has 4 aromatic rings. The maximum Gasteiger partial charge on any atom is 0.262 e. The normalized spacial score (nSPS) is 10.2. The average Bonchev–Trinajstić information content (AvgIpc) is 2.94. The number of carbonyl (C=O) groups is 2. The minimum Gasteiger partial charge on any atom is -0.493 e. The van der Waals surface area contributed by atoms with E-state index in [0.29, 0.717) is 45.7 Å². The van der Waals surface area contributed by atoms with Gasteiger partial charge in [0.15, 0.2) is 18.1 Å². The molecule has 0 bridgehead atoms. The molecule has 4 rings (SSSR count). The number of methoxy groups -OCH3 is 2. The molecule has 8 nitrogen and oxygen atoms in total. The molecule has 0 fully saturated rings. The van der Waals surface area contributed by atoms with Crippen molar-refractivity contribution in [1.29, 1.82) is 0 Å². The third-order valence-electron chi connectivity index (χ3n) is 5.24. The lowest BCUT2D eigenvalue weighted by atomic mass is 10.2. The summed E-state index contributed by atoms with van der Waals surface area (Å²) >= 11 is 0. The Bertz CT molecular complexity index is 1340. The van der Waals surface area contributed by atoms with Gasteiger partial charge in [-0.3, -0.25) is 9.59 Å². The van der Waals surface area contributed by atoms with Crippen molar-refractivity contribution < 1.29 is 28.5 Å². The van der Waals surface area contributed by atoms with Crippen LogP contribution in [-0.2, 0) is 4.79 Å². The van der Waals surface area contributed by atoms with E-state index in [2.05, 4.69) is 10.6 Å². The molecule has 4 aromatic carbocycles. The van der Waals surface area contributed by atoms with Gasteiger partial charge in [0, 0.05) is 16.9 Å². The van der Waals surface area contributed by atoms with Gasteiger partial charge in [0.2, 0.25) is 0 Å². The van der Waals surface area contributed by atoms with Crippen LogP contribution in [0.3, 0.4) is 0 Å². The van der Waals surface area contributed by atoms with Crippen LogP contribution in [0.5, 0.6) is 28.7 Å². The second kappa shape index (κ2) is 12.1. The highest BCUT2D eigenvalue weighted by atomic mass is 16.5. The molecular weight excluding hydrogens is 472 g/mol. The van der Waals surface area contributed by atoms with E-state index < -0.39 is 0 Å². The molecule has 0 aliphatic carbocycles. The molecule has 0 aliphatic heterocycles. The van der Waals surface area contributed by atoms with Crippen LogP contribution in [0.1, 0.15) is 10.4 Å². The number of hydrogen-bond donors (Lipinski definition) is 2. The summed E-state index contributed by atoms with van der Waals surface area (Å²) in [5, 5.41) is 5.62. The van der Waals surface area contributed by atoms with E-state index in [4.69, 9.17) is 18.9 Å². The Hall–Kier alpha value is -4.98. The first-order valence-electron chi connectivity index (χ1n) is 11.4. The van der Waals surface area contributed by atoms with E-state index in [1.165, 1.54) is 14.2 Å². The van der Waals surface area contributed by atoms with E-state index >= 15 is 0 Å². The average molecular weight is 499 g/mol. The summed E-state index contributed by atoms with van der Waals surface area (Å²) < 4.78 is 21.8. The number of para-hydroxylation sites is 1. The largest absolute Gasteiger partial charge is 0.493 e. The van der Waals surface area contributed by atoms with Gasteiger partial charge in [0.05, 0.1) is 14.2 Å². The fourth-order valence-corrected chi connectivity index (χ4v) is 3.39. The predicted octanol–water partition coefficient (Wildman–Crippen LogP) is 5.77. The molecule has 8 heteroatoms. The highest BCUT2D eigenvalue weighted by Gasteiger charge is 2.11. The molecule has 0 aliphatic rings. The molecule has 0 saturated heterocycles. The van der Waals surface area contributed by atoms with Crippen LogP contribution in [-0.4, -0.2) is 32.6 Å². The number of carbonyl (C=O) groups excluding carboxylic acids is 2. The first-order chi connectivity index (χ1) is 18.0. The summed E-state index contributed by atoms with van der Waals surface area (Å²) in [7, 11) is 3.06. The minimum atomic E-state index is -0.276. The standard InChI is InChI=1S/C29H26N2O6/c1-34-26-17-8-20(18-27(26)35-2)29(33)31-22-11-15-25(16-12-22)37-24-13-9-21(10-14-24)30-28(32)19-36-23-6-4-3-5-7-23/h3-18H,19H2,1-2H3,(H,30,32)(H,31,33). The number of benzene rings is 4. The van der Waals surface area contributed by atoms with Gasteiger partial charge in [-0.1, -0.05) is 18.2 Å². The zero-order valence-corrected chi connectivity index (χ0v) is 20.4. The maximum atomic E-state index is 12.6. The van der Waals surface area contributed by atoms with Gasteiger partial charge in [0.25, 0.3) is 11.8 Å². The van der Waals surface area contributed by atoms with Crippen LogP contribution in [0.2, 0.25) is 0 Å². The van der Waals surface area contributed by atoms with Gasteiger partial charge in [-0.05, 0) is 78.9 Å². The van der Waals surface area contributed by atoms with Gasteiger partial charge in [0.1, 0.15) is 17.2 Å². The Kier molecular flexibility index (Phi) is 8.23. The van der Waals surface area contributed by atoms with Crippen molar-refractivity contribution in [2.24, 2.45) is 0 Å². The molecule has 0 atom stereocenters. The topological polar surface area (TPSA) is 95.1 Å². The summed E-state index contributed by atoms with van der Waals surface area (Å²) in [6.45, 7) is -0.0861. The third-order valence-corrected chi connectivity index (χ3v) is 5.24. The summed E-state index contributed by atoms with van der Waals surface area (Å²) in [6, 6.07) is 28.1. The number of rotatable bonds is 10. The Morgan fingerprint density at radius 3 is 1.84 bits per heavy atom. The van der Waals surface area contributed by atoms with Crippen molar-refractivity contribution >= 4 is 23.2 Å². The van der Waals surface area contributed by atoms with Gasteiger partial charge in [-0.25, -0.2) is 0 Å². The van der Waals surface area contributed by atoms with Crippen molar-refractivity contribution in [3.63, 3.8) is 0 Å². The number of anilines is 2. The Morgan fingerprint density at radius 1 is 0.649 bits per heavy atom. The van der Waals surface area contributed by atoms with Crippen molar-refractivity contribution in [1.82, 2.24) is 0 Å². The molecule has 37 heavy (non-hydrogen) atoms. The molecule has 2 amide bonds. The molecule has 0 radical (unpaired) electrons. The van der Waals surface area contributed by atoms with Gasteiger partial charge < -0.3 is 29.6 Å². The minimum absolute atomic E-state index is 0.0861. The van der Waals surface area contributed by atoms with E-state index in [1.807, 2.05) is 18.2 Å². The smallest absolute Gasteiger partial charge is 0.262 e. The van der Waals surface area contributed by atoms with E-state index in [-0.39, 0.29) is 18.4 Å². The lowest BCUT2D eigenvalue weighted by Gasteiger charge is -2.11. The number of ether oxygens (including phenoxy) is 4. The molecule has 0 heterocycles. The highest BCUT2D eigenvalue weighted by Crippen LogP contribution is 2.28. The Balaban J connectivity index is 1.28. The Morgan fingerprint density at radius 2 is 1.24 bits per heavy atom. The molecule has 0 aromatic heterocycles. The zero-order chi connectivity index (χ0) is 26.0. The van der Waals surface area contributed by atoms with Crippen molar-refractivity contribution in [2.75, 3.05) is 31.5 Å². The fraction of sp³-hybridized carbons (Fsp3) is 0.103. The lowest BCUT2D eigenvalue weighted by molar-refractivity contribution is -0.118. The molecular formula is C29H26N2O6. The molecule has 0 unspecified atom stereocenters. The van der Waals surface area contributed by atoms with Crippen LogP contribution >= 0.6 is 0 Å². The van der Waals surface area contributed by atoms with Crippen LogP contribution in [0.15, 0.2) is 97.1 Å². The second-order valence-corrected chi connectivity index (χ2v) is 7.82. The monoisotopic (exact) mass is 498 g/mol. The molecule has 188 valence electrons. The summed E-state index contributed by atoms with van der Waals surface area (Å²) in [4.78, 5) is 24.7. The number of amides is 2. The van der Waals surface area contributed by atoms with Gasteiger partial charge in [-0.2, -0.15) is 0 Å². The van der Waals surface area contributed by atoms with Gasteiger partial charge >= 0.3 is 0 Å². The molecule has 2 N–H and O–H groups in total. The molecule has 0 spiro atoms. The van der Waals surface area contributed by atoms with Crippen LogP contribution < -0.4 is 29.6 Å². The van der Waals surface area contributed by atoms with Crippen molar-refractivity contribution in [3.8, 4) is 28.7 Å². The van der Waals surface area contributed by atoms with Gasteiger partial charge in [-0.15, -0.1) is 0 Å².